The quantitative estimate of drug-likeness (QED) is 0.798. The van der Waals surface area contributed by atoms with E-state index in [2.05, 4.69) is 0 Å². The lowest BCUT2D eigenvalue weighted by Gasteiger charge is -2.06. The molecule has 1 aromatic carbocycles. The van der Waals surface area contributed by atoms with Crippen LogP contribution < -0.4 is 0 Å². The van der Waals surface area contributed by atoms with Gasteiger partial charge in [0.15, 0.2) is 0 Å². The first kappa shape index (κ1) is 14.1. The molecule has 0 saturated carbocycles. The first-order chi connectivity index (χ1) is 7.68. The van der Waals surface area contributed by atoms with E-state index in [-0.39, 0.29) is 6.42 Å². The summed E-state index contributed by atoms with van der Waals surface area (Å²) in [6.45, 7) is 0. The topological polar surface area (TPSA) is 34.1 Å². The van der Waals surface area contributed by atoms with Gasteiger partial charge < -0.3 is 0 Å². The van der Waals surface area contributed by atoms with E-state index < -0.39 is 20.8 Å². The highest BCUT2D eigenvalue weighted by atomic mass is 35.7. The van der Waals surface area contributed by atoms with Crippen molar-refractivity contribution < 1.29 is 21.6 Å². The molecule has 17 heavy (non-hydrogen) atoms. The Hall–Kier alpha value is -1.01. The normalized spacial score (nSPS) is 13.2. The van der Waals surface area contributed by atoms with Gasteiger partial charge in [0.2, 0.25) is 0 Å². The van der Waals surface area contributed by atoms with Crippen LogP contribution in [0.1, 0.15) is 11.1 Å². The highest BCUT2D eigenvalue weighted by Gasteiger charge is 2.29. The Labute approximate surface area is 101 Å². The van der Waals surface area contributed by atoms with E-state index in [1.807, 2.05) is 0 Å². The predicted octanol–water partition coefficient (Wildman–Crippen LogP) is 3.33. The molecule has 0 aliphatic heterocycles. The predicted molar refractivity (Wildman–Crippen MR) is 59.1 cm³/mol. The maximum Gasteiger partial charge on any atom is 0.416 e. The molecule has 94 valence electrons. The summed E-state index contributed by atoms with van der Waals surface area (Å²) in [5.41, 5.74) is -0.176. The third-order valence-electron chi connectivity index (χ3n) is 1.89. The van der Waals surface area contributed by atoms with Crippen LogP contribution in [0.25, 0.3) is 0 Å². The van der Waals surface area contributed by atoms with Crippen LogP contribution in [0.3, 0.4) is 0 Å². The van der Waals surface area contributed by atoms with Gasteiger partial charge in [-0.3, -0.25) is 0 Å². The van der Waals surface area contributed by atoms with Crippen molar-refractivity contribution in [2.24, 2.45) is 0 Å². The molecule has 0 bridgehead atoms. The third kappa shape index (κ3) is 5.23. The number of benzene rings is 1. The average molecular weight is 285 g/mol. The molecule has 7 heteroatoms. The summed E-state index contributed by atoms with van der Waals surface area (Å²) in [5.74, 6) is 0. The van der Waals surface area contributed by atoms with Gasteiger partial charge in [0.25, 0.3) is 9.05 Å². The summed E-state index contributed by atoms with van der Waals surface area (Å²) in [5, 5.41) is 0.798. The minimum Gasteiger partial charge on any atom is -0.208 e. The van der Waals surface area contributed by atoms with E-state index in [1.54, 1.807) is 0 Å². The molecule has 0 atom stereocenters. The van der Waals surface area contributed by atoms with Gasteiger partial charge in [-0.15, -0.1) is 0 Å². The zero-order valence-corrected chi connectivity index (χ0v) is 9.98. The van der Waals surface area contributed by atoms with E-state index in [4.69, 9.17) is 10.7 Å². The second kappa shape index (κ2) is 5.10. The Kier molecular flexibility index (Phi) is 4.21. The monoisotopic (exact) mass is 284 g/mol. The average Bonchev–Trinajstić information content (AvgIpc) is 2.15. The molecular formula is C10H8ClF3O2S. The molecule has 1 rings (SSSR count). The molecular weight excluding hydrogens is 277 g/mol. The van der Waals surface area contributed by atoms with Gasteiger partial charge in [0.05, 0.1) is 5.56 Å². The number of rotatable bonds is 3. The smallest absolute Gasteiger partial charge is 0.208 e. The second-order valence-electron chi connectivity index (χ2n) is 3.25. The molecule has 0 amide bonds. The Morgan fingerprint density at radius 3 is 2.12 bits per heavy atom. The van der Waals surface area contributed by atoms with E-state index in [9.17, 15) is 21.6 Å². The summed E-state index contributed by atoms with van der Waals surface area (Å²) < 4.78 is 57.7. The molecule has 0 N–H and O–H groups in total. The van der Waals surface area contributed by atoms with Gasteiger partial charge in [0.1, 0.15) is 0 Å². The fourth-order valence-electron chi connectivity index (χ4n) is 1.13. The van der Waals surface area contributed by atoms with Gasteiger partial charge in [-0.2, -0.15) is 13.2 Å². The zero-order chi connectivity index (χ0) is 13.1. The Bertz CT molecular complexity index is 503. The number of hydrogen-bond acceptors (Lipinski definition) is 2. The van der Waals surface area contributed by atoms with Gasteiger partial charge in [-0.05, 0) is 24.1 Å². The van der Waals surface area contributed by atoms with Crippen LogP contribution in [0.2, 0.25) is 0 Å². The van der Waals surface area contributed by atoms with Crippen molar-refractivity contribution in [2.45, 2.75) is 12.6 Å². The lowest BCUT2D eigenvalue weighted by Crippen LogP contribution is -2.04. The zero-order valence-electron chi connectivity index (χ0n) is 8.41. The number of hydrogen-bond donors (Lipinski definition) is 0. The Morgan fingerprint density at radius 2 is 1.71 bits per heavy atom. The fourth-order valence-corrected chi connectivity index (χ4v) is 1.67. The summed E-state index contributed by atoms with van der Waals surface area (Å²) >= 11 is 0. The van der Waals surface area contributed by atoms with Crippen LogP contribution in [0, 0.1) is 0 Å². The highest BCUT2D eigenvalue weighted by molar-refractivity contribution is 8.16. The van der Waals surface area contributed by atoms with Crippen LogP contribution in [0.4, 0.5) is 13.2 Å². The molecule has 0 radical (unpaired) electrons. The molecule has 0 unspecified atom stereocenters. The van der Waals surface area contributed by atoms with Crippen molar-refractivity contribution in [3.8, 4) is 0 Å². The SMILES string of the molecule is O=S(=O)(Cl)/C=C\Cc1ccc(C(F)(F)F)cc1. The van der Waals surface area contributed by atoms with Crippen LogP contribution in [0.15, 0.2) is 35.7 Å². The lowest BCUT2D eigenvalue weighted by atomic mass is 10.1. The molecule has 0 saturated heterocycles. The molecule has 0 spiro atoms. The fraction of sp³-hybridized carbons (Fsp3) is 0.200. The molecule has 0 heterocycles. The highest BCUT2D eigenvalue weighted by Crippen LogP contribution is 2.29. The second-order valence-corrected chi connectivity index (χ2v) is 5.76. The third-order valence-corrected chi connectivity index (χ3v) is 2.72. The largest absolute Gasteiger partial charge is 0.416 e. The van der Waals surface area contributed by atoms with Crippen molar-refractivity contribution in [3.05, 3.63) is 46.9 Å². The van der Waals surface area contributed by atoms with Gasteiger partial charge in [-0.25, -0.2) is 8.42 Å². The summed E-state index contributed by atoms with van der Waals surface area (Å²) in [7, 11) is 1.21. The van der Waals surface area contributed by atoms with Gasteiger partial charge >= 0.3 is 6.18 Å². The molecule has 0 fully saturated rings. The van der Waals surface area contributed by atoms with E-state index in [1.165, 1.54) is 18.2 Å². The first-order valence-electron chi connectivity index (χ1n) is 4.46. The number of halogens is 4. The van der Waals surface area contributed by atoms with Crippen LogP contribution in [-0.2, 0) is 21.6 Å². The van der Waals surface area contributed by atoms with Crippen molar-refractivity contribution >= 4 is 19.7 Å². The molecule has 2 nitrogen and oxygen atoms in total. The first-order valence-corrected chi connectivity index (χ1v) is 6.83. The molecule has 0 aliphatic carbocycles. The standard InChI is InChI=1S/C10H8ClF3O2S/c11-17(15,16)7-1-2-8-3-5-9(6-4-8)10(12,13)14/h1,3-7H,2H2/b7-1-. The van der Waals surface area contributed by atoms with Crippen LogP contribution in [-0.4, -0.2) is 8.42 Å². The summed E-state index contributed by atoms with van der Waals surface area (Å²) in [6.07, 6.45) is -2.90. The summed E-state index contributed by atoms with van der Waals surface area (Å²) in [4.78, 5) is 0. The van der Waals surface area contributed by atoms with Gasteiger partial charge in [-0.1, -0.05) is 18.2 Å². The minimum absolute atomic E-state index is 0.198. The van der Waals surface area contributed by atoms with Crippen molar-refractivity contribution in [1.82, 2.24) is 0 Å². The molecule has 0 aromatic heterocycles. The van der Waals surface area contributed by atoms with Crippen LogP contribution >= 0.6 is 10.7 Å². The molecule has 1 aromatic rings. The number of alkyl halides is 3. The van der Waals surface area contributed by atoms with Crippen molar-refractivity contribution in [1.29, 1.82) is 0 Å². The van der Waals surface area contributed by atoms with Gasteiger partial charge in [0, 0.05) is 16.1 Å². The Balaban J connectivity index is 2.73. The maximum atomic E-state index is 12.2. The van der Waals surface area contributed by atoms with E-state index >= 15 is 0 Å². The van der Waals surface area contributed by atoms with E-state index in [0.29, 0.717) is 5.56 Å². The van der Waals surface area contributed by atoms with Crippen molar-refractivity contribution in [2.75, 3.05) is 0 Å². The van der Waals surface area contributed by atoms with Crippen molar-refractivity contribution in [3.63, 3.8) is 0 Å². The summed E-state index contributed by atoms with van der Waals surface area (Å²) in [6, 6.07) is 4.46. The lowest BCUT2D eigenvalue weighted by molar-refractivity contribution is -0.137. The number of allylic oxidation sites excluding steroid dienone is 1. The molecule has 0 aliphatic rings. The maximum absolute atomic E-state index is 12.2. The van der Waals surface area contributed by atoms with E-state index in [0.717, 1.165) is 17.5 Å². The van der Waals surface area contributed by atoms with Crippen LogP contribution in [0.5, 0.6) is 0 Å². The Morgan fingerprint density at radius 1 is 1.18 bits per heavy atom. The minimum atomic E-state index is -4.37.